The van der Waals surface area contributed by atoms with E-state index in [1.165, 1.54) is 23.9 Å². The minimum Gasteiger partial charge on any atom is -0.318 e. The summed E-state index contributed by atoms with van der Waals surface area (Å²) in [6, 6.07) is 31.8. The van der Waals surface area contributed by atoms with Crippen molar-refractivity contribution in [1.82, 2.24) is 0 Å². The normalized spacial score (nSPS) is 11.3. The molecule has 5 aromatic rings. The fraction of sp³-hybridized carbons (Fsp3) is 0.0588. The number of nitro groups is 1. The minimum atomic E-state index is -0.765. The van der Waals surface area contributed by atoms with Gasteiger partial charge in [0.1, 0.15) is 0 Å². The molecule has 5 rings (SSSR count). The first-order chi connectivity index (χ1) is 20.7. The van der Waals surface area contributed by atoms with Crippen LogP contribution in [0, 0.1) is 17.0 Å². The molecule has 0 saturated heterocycles. The summed E-state index contributed by atoms with van der Waals surface area (Å²) in [6.07, 6.45) is 0. The summed E-state index contributed by atoms with van der Waals surface area (Å²) < 4.78 is 0. The van der Waals surface area contributed by atoms with Gasteiger partial charge in [-0.05, 0) is 77.9 Å². The number of fused-ring (bicyclic) bond motifs is 1. The number of carbonyl (C=O) groups excluding carboxylic acids is 3. The number of ketones is 2. The highest BCUT2D eigenvalue weighted by Crippen LogP contribution is 2.30. The topological polar surface area (TPSA) is 116 Å². The minimum absolute atomic E-state index is 0.0180. The van der Waals surface area contributed by atoms with Crippen LogP contribution in [0.4, 0.5) is 5.69 Å². The Balaban J connectivity index is 1.34. The van der Waals surface area contributed by atoms with Crippen molar-refractivity contribution in [1.29, 1.82) is 0 Å². The third-order valence-corrected chi connectivity index (χ3v) is 7.66. The number of nitro benzene ring substituents is 1. The van der Waals surface area contributed by atoms with Crippen molar-refractivity contribution < 1.29 is 24.1 Å². The maximum atomic E-state index is 13.5. The predicted octanol–water partition coefficient (Wildman–Crippen LogP) is 7.59. The fourth-order valence-corrected chi connectivity index (χ4v) is 5.36. The number of carbonyl (C=O) groups is 3. The number of Topliss-reactive ketones (excluding diaryl/α,β-unsaturated/α-hetero) is 1. The van der Waals surface area contributed by atoms with E-state index < -0.39 is 16.7 Å². The summed E-state index contributed by atoms with van der Waals surface area (Å²) in [5.41, 5.74) is 1.15. The van der Waals surface area contributed by atoms with Crippen LogP contribution in [0.5, 0.6) is 0 Å². The summed E-state index contributed by atoms with van der Waals surface area (Å²) in [5.74, 6) is -1.46. The lowest BCUT2D eigenvalue weighted by Gasteiger charge is -2.10. The van der Waals surface area contributed by atoms with E-state index in [1.54, 1.807) is 49.4 Å². The predicted molar refractivity (Wildman–Crippen MR) is 165 cm³/mol. The lowest BCUT2D eigenvalue weighted by atomic mass is 9.96. The molecule has 9 heteroatoms. The van der Waals surface area contributed by atoms with Crippen molar-refractivity contribution in [3.8, 4) is 0 Å². The lowest BCUT2D eigenvalue weighted by molar-refractivity contribution is -0.385. The van der Waals surface area contributed by atoms with Gasteiger partial charge in [0, 0.05) is 39.5 Å². The zero-order chi connectivity index (χ0) is 30.5. The Hall–Kier alpha value is -5.41. The van der Waals surface area contributed by atoms with E-state index in [0.29, 0.717) is 16.7 Å². The molecule has 212 valence electrons. The lowest BCUT2D eigenvalue weighted by Crippen LogP contribution is -2.20. The van der Waals surface area contributed by atoms with Crippen LogP contribution in [-0.2, 0) is 9.63 Å². The van der Waals surface area contributed by atoms with Gasteiger partial charge in [-0.1, -0.05) is 65.4 Å². The van der Waals surface area contributed by atoms with E-state index in [1.807, 2.05) is 54.6 Å². The number of hydrogen-bond donors (Lipinski definition) is 0. The van der Waals surface area contributed by atoms with Crippen molar-refractivity contribution in [2.45, 2.75) is 23.6 Å². The molecular formula is C34H24N2O6S. The third-order valence-electron chi connectivity index (χ3n) is 6.65. The average Bonchev–Trinajstić information content (AvgIpc) is 3.01. The zero-order valence-corrected chi connectivity index (χ0v) is 24.0. The first-order valence-corrected chi connectivity index (χ1v) is 14.0. The molecule has 0 fully saturated rings. The Labute approximate surface area is 251 Å². The third kappa shape index (κ3) is 6.58. The van der Waals surface area contributed by atoms with E-state index >= 15 is 0 Å². The highest BCUT2D eigenvalue weighted by atomic mass is 32.2. The standard InChI is InChI=1S/C34H24N2O6S/c1-21-6-5-9-30(36(40)41)31(21)32(35-42-22(2)37)34(39)25-14-18-29(19-15-25)43-28-16-12-24(13-17-28)33(38)27-11-10-23-7-3-4-8-26(23)20-27/h3-20H,1-2H3/b35-32+. The van der Waals surface area contributed by atoms with Crippen LogP contribution in [0.1, 0.15) is 44.3 Å². The van der Waals surface area contributed by atoms with Crippen LogP contribution in [0.2, 0.25) is 0 Å². The molecule has 0 atom stereocenters. The highest BCUT2D eigenvalue weighted by Gasteiger charge is 2.27. The van der Waals surface area contributed by atoms with Gasteiger partial charge in [0.05, 0.1) is 10.5 Å². The van der Waals surface area contributed by atoms with Gasteiger partial charge in [-0.3, -0.25) is 19.7 Å². The SMILES string of the molecule is CC(=O)O/N=C(/C(=O)c1ccc(Sc2ccc(C(=O)c3ccc4ccccc4c3)cc2)cc1)c1c(C)cccc1[N+](=O)[O-]. The maximum Gasteiger partial charge on any atom is 0.332 e. The molecule has 0 N–H and O–H groups in total. The second-order valence-corrected chi connectivity index (χ2v) is 10.8. The summed E-state index contributed by atoms with van der Waals surface area (Å²) >= 11 is 1.44. The smallest absolute Gasteiger partial charge is 0.318 e. The molecule has 0 aliphatic rings. The second-order valence-electron chi connectivity index (χ2n) is 9.62. The molecule has 0 radical (unpaired) electrons. The summed E-state index contributed by atoms with van der Waals surface area (Å²) in [6.45, 7) is 2.73. The maximum absolute atomic E-state index is 13.5. The first-order valence-electron chi connectivity index (χ1n) is 13.2. The number of hydrogen-bond acceptors (Lipinski definition) is 8. The summed E-state index contributed by atoms with van der Waals surface area (Å²) in [5, 5.41) is 17.5. The highest BCUT2D eigenvalue weighted by molar-refractivity contribution is 7.99. The van der Waals surface area contributed by atoms with Crippen LogP contribution in [0.25, 0.3) is 10.8 Å². The number of aryl methyl sites for hydroxylation is 1. The molecule has 0 aliphatic heterocycles. The number of nitrogens with zero attached hydrogens (tertiary/aromatic N) is 2. The van der Waals surface area contributed by atoms with Gasteiger partial charge in [-0.2, -0.15) is 0 Å². The number of benzene rings is 5. The summed E-state index contributed by atoms with van der Waals surface area (Å²) in [7, 11) is 0. The van der Waals surface area contributed by atoms with Crippen LogP contribution in [0.3, 0.4) is 0 Å². The molecule has 5 aromatic carbocycles. The molecule has 0 saturated carbocycles. The van der Waals surface area contributed by atoms with Crippen LogP contribution in [-0.4, -0.2) is 28.2 Å². The van der Waals surface area contributed by atoms with Gasteiger partial charge in [-0.15, -0.1) is 0 Å². The fourth-order valence-electron chi connectivity index (χ4n) is 4.54. The van der Waals surface area contributed by atoms with E-state index in [9.17, 15) is 24.5 Å². The molecule has 0 amide bonds. The van der Waals surface area contributed by atoms with E-state index in [2.05, 4.69) is 5.16 Å². The molecule has 43 heavy (non-hydrogen) atoms. The second kappa shape index (κ2) is 12.6. The number of rotatable bonds is 9. The van der Waals surface area contributed by atoms with Crippen molar-refractivity contribution in [2.24, 2.45) is 5.16 Å². The van der Waals surface area contributed by atoms with Crippen LogP contribution >= 0.6 is 11.8 Å². The Morgan fingerprint density at radius 2 is 1.35 bits per heavy atom. The zero-order valence-electron chi connectivity index (χ0n) is 23.1. The molecule has 8 nitrogen and oxygen atoms in total. The largest absolute Gasteiger partial charge is 0.332 e. The molecule has 0 unspecified atom stereocenters. The van der Waals surface area contributed by atoms with Crippen molar-refractivity contribution in [2.75, 3.05) is 0 Å². The average molecular weight is 589 g/mol. The van der Waals surface area contributed by atoms with Crippen molar-refractivity contribution >= 4 is 51.5 Å². The van der Waals surface area contributed by atoms with Gasteiger partial charge in [0.25, 0.3) is 5.69 Å². The summed E-state index contributed by atoms with van der Waals surface area (Å²) in [4.78, 5) is 55.5. The van der Waals surface area contributed by atoms with Gasteiger partial charge in [0.15, 0.2) is 11.5 Å². The van der Waals surface area contributed by atoms with Crippen LogP contribution in [0.15, 0.2) is 124 Å². The van der Waals surface area contributed by atoms with E-state index in [0.717, 1.165) is 27.5 Å². The Kier molecular flexibility index (Phi) is 8.54. The molecule has 0 heterocycles. The first kappa shape index (κ1) is 29.1. The Morgan fingerprint density at radius 1 is 0.744 bits per heavy atom. The molecule has 0 bridgehead atoms. The van der Waals surface area contributed by atoms with Crippen molar-refractivity contribution in [3.63, 3.8) is 0 Å². The van der Waals surface area contributed by atoms with Gasteiger partial charge >= 0.3 is 5.97 Å². The molecule has 0 spiro atoms. The van der Waals surface area contributed by atoms with Gasteiger partial charge < -0.3 is 4.84 Å². The Morgan fingerprint density at radius 3 is 1.98 bits per heavy atom. The van der Waals surface area contributed by atoms with E-state index in [4.69, 9.17) is 4.84 Å². The molecule has 0 aliphatic carbocycles. The van der Waals surface area contributed by atoms with Gasteiger partial charge in [0.2, 0.25) is 5.78 Å². The number of oxime groups is 1. The monoisotopic (exact) mass is 588 g/mol. The molecular weight excluding hydrogens is 564 g/mol. The Bertz CT molecular complexity index is 1910. The van der Waals surface area contributed by atoms with E-state index in [-0.39, 0.29) is 28.3 Å². The quantitative estimate of drug-likeness (QED) is 0.0573. The van der Waals surface area contributed by atoms with Gasteiger partial charge in [-0.25, -0.2) is 4.79 Å². The van der Waals surface area contributed by atoms with Crippen molar-refractivity contribution in [3.05, 3.63) is 147 Å². The van der Waals surface area contributed by atoms with Crippen LogP contribution < -0.4 is 0 Å². The molecule has 0 aromatic heterocycles.